The van der Waals surface area contributed by atoms with Gasteiger partial charge in [0.25, 0.3) is 5.56 Å². The van der Waals surface area contributed by atoms with E-state index in [1.54, 1.807) is 20.8 Å². The van der Waals surface area contributed by atoms with Crippen molar-refractivity contribution in [3.05, 3.63) is 37.6 Å². The Kier molecular flexibility index (Phi) is 5.14. The van der Waals surface area contributed by atoms with Gasteiger partial charge in [-0.25, -0.2) is 9.36 Å². The van der Waals surface area contributed by atoms with Crippen LogP contribution in [0.25, 0.3) is 11.1 Å². The summed E-state index contributed by atoms with van der Waals surface area (Å²) in [6.45, 7) is 5.27. The Morgan fingerprint density at radius 3 is 2.39 bits per heavy atom. The van der Waals surface area contributed by atoms with Gasteiger partial charge in [0.1, 0.15) is 5.82 Å². The lowest BCUT2D eigenvalue weighted by Crippen LogP contribution is -2.29. The molecule has 0 aliphatic rings. The van der Waals surface area contributed by atoms with Crippen molar-refractivity contribution in [3.63, 3.8) is 0 Å². The van der Waals surface area contributed by atoms with Crippen LogP contribution in [0.15, 0.2) is 16.9 Å². The molecular weight excluding hydrogens is 361 g/mol. The van der Waals surface area contributed by atoms with Crippen LogP contribution in [0.1, 0.15) is 38.0 Å². The third kappa shape index (κ3) is 3.01. The maximum absolute atomic E-state index is 12.8. The molecule has 1 heterocycles. The number of anilines is 1. The van der Waals surface area contributed by atoms with Crippen molar-refractivity contribution >= 4 is 46.5 Å². The van der Waals surface area contributed by atoms with Gasteiger partial charge in [-0.15, -0.1) is 0 Å². The average Bonchev–Trinajstić information content (AvgIpc) is 2.73. The predicted octanol–water partition coefficient (Wildman–Crippen LogP) is 4.49. The van der Waals surface area contributed by atoms with Gasteiger partial charge in [0.05, 0.1) is 15.6 Å². The number of carbonyl (C=O) groups excluding carboxylic acids is 1. The van der Waals surface area contributed by atoms with Crippen LogP contribution in [0.4, 0.5) is 5.82 Å². The zero-order valence-electron chi connectivity index (χ0n) is 12.9. The minimum atomic E-state index is -0.417. The number of aromatic nitrogens is 2. The van der Waals surface area contributed by atoms with E-state index >= 15 is 0 Å². The van der Waals surface area contributed by atoms with Crippen molar-refractivity contribution in [1.82, 2.24) is 9.36 Å². The van der Waals surface area contributed by atoms with Gasteiger partial charge >= 0.3 is 0 Å². The highest BCUT2D eigenvalue weighted by molar-refractivity contribution is 6.45. The number of hydrogen-bond acceptors (Lipinski definition) is 3. The minimum absolute atomic E-state index is 0.0239. The first-order chi connectivity index (χ1) is 10.7. The number of benzene rings is 1. The lowest BCUT2D eigenvalue weighted by atomic mass is 10.1. The summed E-state index contributed by atoms with van der Waals surface area (Å²) in [5.74, 6) is -0.264. The summed E-state index contributed by atoms with van der Waals surface area (Å²) in [7, 11) is 0. The quantitative estimate of drug-likeness (QED) is 0.802. The Hall–Kier alpha value is -1.43. The molecule has 0 radical (unpaired) electrons. The van der Waals surface area contributed by atoms with Crippen LogP contribution in [0, 0.1) is 0 Å². The van der Waals surface area contributed by atoms with Crippen LogP contribution in [0.3, 0.4) is 0 Å². The summed E-state index contributed by atoms with van der Waals surface area (Å²) < 4.78 is 2.50. The van der Waals surface area contributed by atoms with E-state index in [1.807, 2.05) is 0 Å². The topological polar surface area (TPSA) is 70.0 Å². The molecule has 2 rings (SSSR count). The number of nitrogens with two attached hydrogens (primary N) is 1. The van der Waals surface area contributed by atoms with Crippen LogP contribution in [0.2, 0.25) is 15.1 Å². The van der Waals surface area contributed by atoms with Crippen LogP contribution < -0.4 is 11.3 Å². The van der Waals surface area contributed by atoms with Crippen LogP contribution in [-0.2, 0) is 0 Å². The molecule has 8 heteroatoms. The molecule has 0 fully saturated rings. The van der Waals surface area contributed by atoms with Crippen LogP contribution in [0.5, 0.6) is 0 Å². The standard InChI is InChI=1S/C15H16Cl3N3O2/c1-4-11(22)21-14(19)12(15(23)20(21)7(2)3)9-5-8(16)6-10(17)13(9)18/h5-7H,4,19H2,1-3H3. The second-order valence-corrected chi connectivity index (χ2v) is 6.53. The lowest BCUT2D eigenvalue weighted by Gasteiger charge is -2.13. The van der Waals surface area contributed by atoms with Gasteiger partial charge in [-0.3, -0.25) is 9.59 Å². The molecule has 0 saturated heterocycles. The number of halogens is 3. The van der Waals surface area contributed by atoms with Gasteiger partial charge in [0.15, 0.2) is 0 Å². The molecule has 0 amide bonds. The predicted molar refractivity (Wildman–Crippen MR) is 94.9 cm³/mol. The summed E-state index contributed by atoms with van der Waals surface area (Å²) >= 11 is 18.3. The Labute approximate surface area is 148 Å². The number of nitrogens with zero attached hydrogens (tertiary/aromatic N) is 2. The van der Waals surface area contributed by atoms with Gasteiger partial charge in [0, 0.05) is 23.0 Å². The summed E-state index contributed by atoms with van der Waals surface area (Å²) in [5, 5.41) is 0.689. The summed E-state index contributed by atoms with van der Waals surface area (Å²) in [6.07, 6.45) is 0.203. The summed E-state index contributed by atoms with van der Waals surface area (Å²) in [5.41, 5.74) is 6.11. The highest BCUT2D eigenvalue weighted by Crippen LogP contribution is 2.37. The maximum Gasteiger partial charge on any atom is 0.277 e. The molecule has 0 aliphatic carbocycles. The molecule has 1 aromatic heterocycles. The third-order valence-corrected chi connectivity index (χ3v) is 4.43. The first kappa shape index (κ1) is 17.9. The maximum atomic E-state index is 12.8. The molecule has 0 unspecified atom stereocenters. The molecule has 2 N–H and O–H groups in total. The number of rotatable bonds is 3. The van der Waals surface area contributed by atoms with Crippen molar-refractivity contribution in [2.45, 2.75) is 33.2 Å². The molecular formula is C15H16Cl3N3O2. The average molecular weight is 377 g/mol. The van der Waals surface area contributed by atoms with Crippen molar-refractivity contribution in [2.24, 2.45) is 0 Å². The lowest BCUT2D eigenvalue weighted by molar-refractivity contribution is 0.0871. The first-order valence-electron chi connectivity index (χ1n) is 7.01. The molecule has 23 heavy (non-hydrogen) atoms. The van der Waals surface area contributed by atoms with Gasteiger partial charge in [0.2, 0.25) is 5.91 Å². The normalized spacial score (nSPS) is 11.3. The fourth-order valence-corrected chi connectivity index (χ4v) is 3.09. The van der Waals surface area contributed by atoms with E-state index in [2.05, 4.69) is 0 Å². The van der Waals surface area contributed by atoms with Crippen molar-refractivity contribution in [1.29, 1.82) is 0 Å². The fraction of sp³-hybridized carbons (Fsp3) is 0.333. The van der Waals surface area contributed by atoms with Crippen molar-refractivity contribution in [3.8, 4) is 11.1 Å². The number of hydrogen-bond donors (Lipinski definition) is 1. The van der Waals surface area contributed by atoms with Gasteiger partial charge in [-0.05, 0) is 26.0 Å². The van der Waals surface area contributed by atoms with Crippen LogP contribution >= 0.6 is 34.8 Å². The molecule has 2 aromatic rings. The van der Waals surface area contributed by atoms with E-state index < -0.39 is 5.56 Å². The van der Waals surface area contributed by atoms with Gasteiger partial charge < -0.3 is 5.73 Å². The Bertz CT molecular complexity index is 837. The Morgan fingerprint density at radius 1 is 1.26 bits per heavy atom. The zero-order chi connectivity index (χ0) is 17.5. The molecule has 0 saturated carbocycles. The largest absolute Gasteiger partial charge is 0.383 e. The SMILES string of the molecule is CCC(=O)n1c(N)c(-c2cc(Cl)cc(Cl)c2Cl)c(=O)n1C(C)C. The molecule has 124 valence electrons. The Balaban J connectivity index is 2.91. The zero-order valence-corrected chi connectivity index (χ0v) is 15.1. The smallest absolute Gasteiger partial charge is 0.277 e. The molecule has 0 atom stereocenters. The van der Waals surface area contributed by atoms with Crippen molar-refractivity contribution in [2.75, 3.05) is 5.73 Å². The van der Waals surface area contributed by atoms with E-state index in [0.29, 0.717) is 10.6 Å². The molecule has 0 aliphatic heterocycles. The minimum Gasteiger partial charge on any atom is -0.383 e. The van der Waals surface area contributed by atoms with E-state index in [-0.39, 0.29) is 39.8 Å². The second-order valence-electron chi connectivity index (χ2n) is 5.31. The monoisotopic (exact) mass is 375 g/mol. The van der Waals surface area contributed by atoms with E-state index in [9.17, 15) is 9.59 Å². The Morgan fingerprint density at radius 2 is 1.87 bits per heavy atom. The third-order valence-electron chi connectivity index (χ3n) is 3.41. The summed E-state index contributed by atoms with van der Waals surface area (Å²) in [4.78, 5) is 25.0. The second kappa shape index (κ2) is 6.59. The first-order valence-corrected chi connectivity index (χ1v) is 8.15. The fourth-order valence-electron chi connectivity index (χ4n) is 2.40. The molecule has 0 spiro atoms. The number of carbonyl (C=O) groups is 1. The van der Waals surface area contributed by atoms with Crippen molar-refractivity contribution < 1.29 is 4.79 Å². The van der Waals surface area contributed by atoms with E-state index in [4.69, 9.17) is 40.5 Å². The van der Waals surface area contributed by atoms with Gasteiger partial charge in [-0.1, -0.05) is 41.7 Å². The molecule has 0 bridgehead atoms. The molecule has 5 nitrogen and oxygen atoms in total. The van der Waals surface area contributed by atoms with E-state index in [1.165, 1.54) is 21.5 Å². The van der Waals surface area contributed by atoms with Gasteiger partial charge in [-0.2, -0.15) is 0 Å². The highest BCUT2D eigenvalue weighted by Gasteiger charge is 2.26. The highest BCUT2D eigenvalue weighted by atomic mass is 35.5. The number of nitrogen functional groups attached to an aromatic ring is 1. The molecule has 1 aromatic carbocycles. The summed E-state index contributed by atoms with van der Waals surface area (Å²) in [6, 6.07) is 2.72. The van der Waals surface area contributed by atoms with E-state index in [0.717, 1.165) is 0 Å². The van der Waals surface area contributed by atoms with Crippen LogP contribution in [-0.4, -0.2) is 15.3 Å².